The Morgan fingerprint density at radius 3 is 1.74 bits per heavy atom. The summed E-state index contributed by atoms with van der Waals surface area (Å²) in [7, 11) is 0. The maximum Gasteiger partial charge on any atom is 0.338 e. The summed E-state index contributed by atoms with van der Waals surface area (Å²) >= 11 is 0. The molecule has 1 aliphatic heterocycles. The molecule has 0 saturated heterocycles. The van der Waals surface area contributed by atoms with Crippen LogP contribution in [0.3, 0.4) is 0 Å². The molecule has 1 unspecified atom stereocenters. The van der Waals surface area contributed by atoms with E-state index in [2.05, 4.69) is 10.6 Å². The summed E-state index contributed by atoms with van der Waals surface area (Å²) in [5.41, 5.74) is 0.901. The van der Waals surface area contributed by atoms with Gasteiger partial charge in [0.15, 0.2) is 13.2 Å². The van der Waals surface area contributed by atoms with Crippen LogP contribution in [0.4, 0.5) is 11.4 Å². The van der Waals surface area contributed by atoms with Gasteiger partial charge >= 0.3 is 11.9 Å². The number of esters is 2. The number of benzene rings is 5. The van der Waals surface area contributed by atoms with Crippen molar-refractivity contribution in [2.24, 2.45) is 0 Å². The van der Waals surface area contributed by atoms with Crippen molar-refractivity contribution in [3.8, 4) is 0 Å². The lowest BCUT2D eigenvalue weighted by Gasteiger charge is -2.20. The summed E-state index contributed by atoms with van der Waals surface area (Å²) in [5.74, 6) is -4.60. The second-order valence-electron chi connectivity index (χ2n) is 10.8. The molecule has 0 radical (unpaired) electrons. The monoisotopic (exact) mass is 629 g/mol. The molecule has 6 rings (SSSR count). The van der Waals surface area contributed by atoms with Crippen LogP contribution in [0, 0.1) is 0 Å². The first kappa shape index (κ1) is 30.7. The lowest BCUT2D eigenvalue weighted by atomic mass is 10.1. The summed E-state index contributed by atoms with van der Waals surface area (Å²) in [6.45, 7) is 0.0745. The minimum Gasteiger partial charge on any atom is -0.454 e. The summed E-state index contributed by atoms with van der Waals surface area (Å²) in [6.07, 6.45) is 0. The van der Waals surface area contributed by atoms with Crippen LogP contribution in [0.2, 0.25) is 0 Å². The number of hydrogen-bond donors (Lipinski definition) is 2. The number of carbonyl (C=O) groups excluding carboxylic acids is 6. The summed E-state index contributed by atoms with van der Waals surface area (Å²) in [6, 6.07) is 28.1. The van der Waals surface area contributed by atoms with E-state index >= 15 is 0 Å². The Morgan fingerprint density at radius 1 is 0.638 bits per heavy atom. The van der Waals surface area contributed by atoms with E-state index < -0.39 is 54.8 Å². The van der Waals surface area contributed by atoms with Crippen LogP contribution in [-0.2, 0) is 23.9 Å². The lowest BCUT2D eigenvalue weighted by Crippen LogP contribution is -2.44. The van der Waals surface area contributed by atoms with Crippen molar-refractivity contribution < 1.29 is 38.2 Å². The number of amides is 4. The third kappa shape index (κ3) is 6.27. The van der Waals surface area contributed by atoms with E-state index in [0.717, 1.165) is 21.5 Å². The van der Waals surface area contributed by atoms with Crippen molar-refractivity contribution in [3.63, 3.8) is 0 Å². The van der Waals surface area contributed by atoms with E-state index in [9.17, 15) is 28.8 Å². The molecule has 234 valence electrons. The highest BCUT2D eigenvalue weighted by Gasteiger charge is 2.42. The number of nitrogens with one attached hydrogen (secondary N) is 2. The maximum absolute atomic E-state index is 13.2. The molecule has 0 spiro atoms. The van der Waals surface area contributed by atoms with Gasteiger partial charge in [0.05, 0.1) is 16.7 Å². The predicted octanol–water partition coefficient (Wildman–Crippen LogP) is 4.95. The third-order valence-electron chi connectivity index (χ3n) is 7.69. The van der Waals surface area contributed by atoms with Crippen LogP contribution >= 0.6 is 0 Å². The van der Waals surface area contributed by atoms with Gasteiger partial charge in [-0.25, -0.2) is 9.59 Å². The Kier molecular flexibility index (Phi) is 8.44. The van der Waals surface area contributed by atoms with Gasteiger partial charge in [-0.15, -0.1) is 0 Å². The number of imide groups is 1. The fourth-order valence-corrected chi connectivity index (χ4v) is 5.36. The van der Waals surface area contributed by atoms with Crippen molar-refractivity contribution in [2.75, 3.05) is 23.8 Å². The molecule has 4 amide bonds. The largest absolute Gasteiger partial charge is 0.454 e. The number of ether oxygens (including phenoxy) is 2. The minimum absolute atomic E-state index is 0.0198. The maximum atomic E-state index is 13.2. The highest BCUT2D eigenvalue weighted by Crippen LogP contribution is 2.27. The molecule has 47 heavy (non-hydrogen) atoms. The van der Waals surface area contributed by atoms with Crippen molar-refractivity contribution in [2.45, 2.75) is 13.0 Å². The zero-order chi connectivity index (χ0) is 33.1. The molecule has 0 aliphatic carbocycles. The number of hydrogen-bond acceptors (Lipinski definition) is 8. The van der Waals surface area contributed by atoms with Gasteiger partial charge in [0.25, 0.3) is 23.6 Å². The highest BCUT2D eigenvalue weighted by atomic mass is 16.5. The normalized spacial score (nSPS) is 12.8. The molecule has 0 aromatic heterocycles. The number of nitrogens with zero attached hydrogens (tertiary/aromatic N) is 1. The highest BCUT2D eigenvalue weighted by molar-refractivity contribution is 6.23. The molecule has 1 atom stereocenters. The summed E-state index contributed by atoms with van der Waals surface area (Å²) < 4.78 is 10.3. The molecule has 11 nitrogen and oxygen atoms in total. The molecular formula is C36H27N3O8. The van der Waals surface area contributed by atoms with E-state index in [0.29, 0.717) is 16.3 Å². The van der Waals surface area contributed by atoms with E-state index in [1.165, 1.54) is 25.1 Å². The van der Waals surface area contributed by atoms with Gasteiger partial charge in [-0.1, -0.05) is 72.8 Å². The molecule has 1 aliphatic rings. The van der Waals surface area contributed by atoms with E-state index in [-0.39, 0.29) is 16.7 Å². The van der Waals surface area contributed by atoms with Crippen LogP contribution in [0.5, 0.6) is 0 Å². The van der Waals surface area contributed by atoms with Crippen LogP contribution in [0.25, 0.3) is 21.5 Å². The van der Waals surface area contributed by atoms with Crippen LogP contribution in [0.15, 0.2) is 103 Å². The standard InChI is InChI=1S/C36H27N3O8/c1-21(35(44)46-19-31(40)37-29-14-6-10-22-8-2-4-12-25(22)29)39-33(42)27-17-16-24(18-28(27)34(39)43)36(45)47-20-32(41)38-30-15-7-11-23-9-3-5-13-26(23)30/h2-18,21H,19-20H2,1H3,(H,37,40)(H,38,41). The smallest absolute Gasteiger partial charge is 0.338 e. The quantitative estimate of drug-likeness (QED) is 0.172. The number of fused-ring (bicyclic) bond motifs is 3. The van der Waals surface area contributed by atoms with Crippen molar-refractivity contribution in [3.05, 3.63) is 120 Å². The van der Waals surface area contributed by atoms with Gasteiger partial charge in [-0.2, -0.15) is 0 Å². The molecular weight excluding hydrogens is 602 g/mol. The van der Waals surface area contributed by atoms with E-state index in [4.69, 9.17) is 9.47 Å². The third-order valence-corrected chi connectivity index (χ3v) is 7.69. The van der Waals surface area contributed by atoms with Gasteiger partial charge in [0.1, 0.15) is 6.04 Å². The van der Waals surface area contributed by atoms with E-state index in [1.807, 2.05) is 60.7 Å². The average Bonchev–Trinajstić information content (AvgIpc) is 3.34. The lowest BCUT2D eigenvalue weighted by molar-refractivity contribution is -0.150. The molecule has 5 aromatic rings. The first-order valence-electron chi connectivity index (χ1n) is 14.6. The zero-order valence-corrected chi connectivity index (χ0v) is 25.0. The molecule has 5 aromatic carbocycles. The Bertz CT molecular complexity index is 2100. The Morgan fingerprint density at radius 2 is 1.15 bits per heavy atom. The Hall–Kier alpha value is -6.36. The fourth-order valence-electron chi connectivity index (χ4n) is 5.36. The van der Waals surface area contributed by atoms with Gasteiger partial charge in [-0.05, 0) is 48.0 Å². The Balaban J connectivity index is 1.05. The average molecular weight is 630 g/mol. The van der Waals surface area contributed by atoms with Gasteiger partial charge < -0.3 is 20.1 Å². The molecule has 0 fully saturated rings. The van der Waals surface area contributed by atoms with Gasteiger partial charge in [0.2, 0.25) is 0 Å². The Labute approximate surface area is 268 Å². The fraction of sp³-hybridized carbons (Fsp3) is 0.111. The SMILES string of the molecule is CC(C(=O)OCC(=O)Nc1cccc2ccccc12)N1C(=O)c2ccc(C(=O)OCC(=O)Nc3cccc4ccccc34)cc2C1=O. The van der Waals surface area contributed by atoms with Crippen LogP contribution < -0.4 is 10.6 Å². The molecule has 0 saturated carbocycles. The van der Waals surface area contributed by atoms with Gasteiger partial charge in [-0.3, -0.25) is 24.1 Å². The second-order valence-corrected chi connectivity index (χ2v) is 10.8. The van der Waals surface area contributed by atoms with Crippen molar-refractivity contribution in [1.29, 1.82) is 0 Å². The zero-order valence-electron chi connectivity index (χ0n) is 25.0. The number of carbonyl (C=O) groups is 6. The molecule has 0 bridgehead atoms. The van der Waals surface area contributed by atoms with Crippen molar-refractivity contribution in [1.82, 2.24) is 4.90 Å². The molecule has 11 heteroatoms. The first-order chi connectivity index (χ1) is 22.7. The van der Waals surface area contributed by atoms with Crippen LogP contribution in [0.1, 0.15) is 38.0 Å². The molecule has 1 heterocycles. The number of anilines is 2. The first-order valence-corrected chi connectivity index (χ1v) is 14.6. The summed E-state index contributed by atoms with van der Waals surface area (Å²) in [5, 5.41) is 8.90. The minimum atomic E-state index is -1.36. The van der Waals surface area contributed by atoms with Gasteiger partial charge in [0, 0.05) is 22.1 Å². The van der Waals surface area contributed by atoms with Crippen LogP contribution in [-0.4, -0.2) is 59.7 Å². The predicted molar refractivity (Wildman–Crippen MR) is 173 cm³/mol. The number of rotatable bonds is 9. The molecule has 2 N–H and O–H groups in total. The topological polar surface area (TPSA) is 148 Å². The van der Waals surface area contributed by atoms with E-state index in [1.54, 1.807) is 24.3 Å². The van der Waals surface area contributed by atoms with Crippen molar-refractivity contribution >= 4 is 68.5 Å². The second kappa shape index (κ2) is 12.9. The summed E-state index contributed by atoms with van der Waals surface area (Å²) in [4.78, 5) is 77.6.